The van der Waals surface area contributed by atoms with Gasteiger partial charge in [0.1, 0.15) is 48.5 Å². The molecular formula is C63H74F3N11O10. The lowest BCUT2D eigenvalue weighted by Gasteiger charge is -2.39. The Morgan fingerprint density at radius 2 is 1.59 bits per heavy atom. The monoisotopic (exact) mass is 1200 g/mol. The van der Waals surface area contributed by atoms with Crippen molar-refractivity contribution >= 4 is 53.3 Å². The normalized spacial score (nSPS) is 17.0. The van der Waals surface area contributed by atoms with Gasteiger partial charge >= 0.3 is 12.1 Å². The van der Waals surface area contributed by atoms with E-state index in [1.807, 2.05) is 34.9 Å². The van der Waals surface area contributed by atoms with Gasteiger partial charge in [0.25, 0.3) is 17.7 Å². The number of aromatic nitrogens is 3. The van der Waals surface area contributed by atoms with Crippen molar-refractivity contribution in [3.05, 3.63) is 150 Å². The minimum absolute atomic E-state index is 0.0246. The number of unbranched alkanes of at least 4 members (excludes halogenated alkanes) is 2. The molecule has 2 aromatic heterocycles. The highest BCUT2D eigenvalue weighted by Gasteiger charge is 2.43. The van der Waals surface area contributed by atoms with Crippen LogP contribution in [0.5, 0.6) is 0 Å². The number of urea groups is 1. The predicted octanol–water partition coefficient (Wildman–Crippen LogP) is 7.38. The van der Waals surface area contributed by atoms with E-state index >= 15 is 13.6 Å². The number of likely N-dealkylation sites (tertiary alicyclic amines) is 1. The highest BCUT2D eigenvalue weighted by atomic mass is 19.1. The average molecular weight is 1200 g/mol. The van der Waals surface area contributed by atoms with Gasteiger partial charge in [0.2, 0.25) is 17.7 Å². The lowest BCUT2D eigenvalue weighted by Crippen LogP contribution is -2.54. The number of rotatable bonds is 28. The number of halogens is 3. The summed E-state index contributed by atoms with van der Waals surface area (Å²) < 4.78 is 58.9. The first-order chi connectivity index (χ1) is 42.0. The summed E-state index contributed by atoms with van der Waals surface area (Å²) in [5.74, 6) is -4.78. The second-order valence-electron chi connectivity index (χ2n) is 22.3. The van der Waals surface area contributed by atoms with Gasteiger partial charge in [-0.05, 0) is 116 Å². The van der Waals surface area contributed by atoms with E-state index in [-0.39, 0.29) is 106 Å². The number of anilines is 1. The van der Waals surface area contributed by atoms with Gasteiger partial charge in [-0.25, -0.2) is 27.7 Å². The lowest BCUT2D eigenvalue weighted by atomic mass is 9.88. The van der Waals surface area contributed by atoms with Crippen molar-refractivity contribution in [2.75, 3.05) is 51.4 Å². The number of nitrogens with two attached hydrogens (primary N) is 1. The maximum absolute atomic E-state index is 15.5. The van der Waals surface area contributed by atoms with E-state index in [0.717, 1.165) is 28.7 Å². The fourth-order valence-electron chi connectivity index (χ4n) is 11.1. The van der Waals surface area contributed by atoms with Crippen molar-refractivity contribution in [3.63, 3.8) is 0 Å². The summed E-state index contributed by atoms with van der Waals surface area (Å²) in [6.45, 7) is 3.83. The van der Waals surface area contributed by atoms with Crippen LogP contribution in [0.1, 0.15) is 105 Å². The standard InChI is InChI=1S/C63H74F3N11O10/c1-40(2)56(73-53(78)16-7-4-10-29-75-54(79)23-24-55(75)80)60(82)72-50(15-11-28-69-62(67)84)59(81)70-46-20-17-42(18-21-46)39-87-63(85)76-36-43(32-47(76)34-64)37-77(61(83)51-14-8-9-27-68-51)57(44-25-30-86-31-26-44)58-71-52(48-33-45(65)19-22-49(48)66)38-74(58)35-41-12-5-3-6-13-41/h3,5-6,8-9,12-14,17-24,27,33,38,40,43-44,47,50,56-57H,4,7,10-11,15-16,25-26,28-32,34-37,39H2,1-2H3,(H,70,81)(H,72,82)(H,73,78)(H3,67,69,84)/t43-,47-,50-,56-,57+/m0/s1. The zero-order valence-corrected chi connectivity index (χ0v) is 48.7. The van der Waals surface area contributed by atoms with Gasteiger partial charge in [0, 0.05) is 88.2 Å². The van der Waals surface area contributed by atoms with Gasteiger partial charge in [0.15, 0.2) is 0 Å². The van der Waals surface area contributed by atoms with Crippen molar-refractivity contribution in [2.24, 2.45) is 23.5 Å². The minimum Gasteiger partial charge on any atom is -0.445 e. The van der Waals surface area contributed by atoms with E-state index in [1.165, 1.54) is 23.2 Å². The first-order valence-electron chi connectivity index (χ1n) is 29.4. The molecule has 87 heavy (non-hydrogen) atoms. The zero-order valence-electron chi connectivity index (χ0n) is 48.7. The first-order valence-corrected chi connectivity index (χ1v) is 29.4. The molecule has 3 aliphatic heterocycles. The number of nitrogens with zero attached hydrogens (tertiary/aromatic N) is 6. The Kier molecular flexibility index (Phi) is 22.8. The first kappa shape index (κ1) is 64.1. The van der Waals surface area contributed by atoms with Crippen LogP contribution >= 0.6 is 0 Å². The van der Waals surface area contributed by atoms with Crippen molar-refractivity contribution in [1.29, 1.82) is 0 Å². The van der Waals surface area contributed by atoms with Crippen LogP contribution in [0.25, 0.3) is 11.3 Å². The van der Waals surface area contributed by atoms with Crippen LogP contribution in [-0.2, 0) is 46.6 Å². The Morgan fingerprint density at radius 1 is 0.851 bits per heavy atom. The van der Waals surface area contributed by atoms with Crippen LogP contribution in [0, 0.1) is 29.4 Å². The van der Waals surface area contributed by atoms with E-state index in [4.69, 9.17) is 20.2 Å². The van der Waals surface area contributed by atoms with Crippen LogP contribution < -0.4 is 27.0 Å². The predicted molar refractivity (Wildman–Crippen MR) is 314 cm³/mol. The number of carbonyl (C=O) groups is 8. The Labute approximate surface area is 502 Å². The third kappa shape index (κ3) is 17.6. The molecule has 0 bridgehead atoms. The molecule has 9 amide bonds. The number of ether oxygens (including phenoxy) is 2. The number of primary amides is 1. The molecule has 3 aliphatic rings. The molecule has 5 aromatic rings. The summed E-state index contributed by atoms with van der Waals surface area (Å²) in [5, 5.41) is 10.8. The Morgan fingerprint density at radius 3 is 2.28 bits per heavy atom. The number of pyridine rings is 1. The smallest absolute Gasteiger partial charge is 0.410 e. The number of alkyl halides is 1. The minimum atomic E-state index is -1.12. The van der Waals surface area contributed by atoms with Gasteiger partial charge < -0.3 is 50.8 Å². The number of hydrogen-bond acceptors (Lipinski definition) is 12. The molecule has 2 fully saturated rings. The second kappa shape index (κ2) is 30.9. The van der Waals surface area contributed by atoms with Gasteiger partial charge in [0.05, 0.1) is 17.8 Å². The molecule has 21 nitrogen and oxygen atoms in total. The molecular weight excluding hydrogens is 1130 g/mol. The third-order valence-electron chi connectivity index (χ3n) is 15.7. The summed E-state index contributed by atoms with van der Waals surface area (Å²) in [6.07, 6.45) is 7.95. The van der Waals surface area contributed by atoms with Crippen LogP contribution in [0.3, 0.4) is 0 Å². The van der Waals surface area contributed by atoms with Gasteiger partial charge in [-0.3, -0.25) is 38.7 Å². The molecule has 8 rings (SSSR count). The molecule has 0 saturated carbocycles. The van der Waals surface area contributed by atoms with Crippen LogP contribution in [0.2, 0.25) is 0 Å². The number of amides is 9. The Balaban J connectivity index is 0.926. The zero-order chi connectivity index (χ0) is 62.0. The fourth-order valence-corrected chi connectivity index (χ4v) is 11.1. The number of imide groups is 1. The number of carbonyl (C=O) groups excluding carboxylic acids is 8. The van der Waals surface area contributed by atoms with Crippen molar-refractivity contribution in [3.8, 4) is 11.3 Å². The molecule has 462 valence electrons. The number of nitrogens with one attached hydrogen (secondary N) is 4. The van der Waals surface area contributed by atoms with E-state index in [0.29, 0.717) is 62.4 Å². The van der Waals surface area contributed by atoms with Crippen molar-refractivity contribution < 1.29 is 61.0 Å². The number of imidazole rings is 1. The quantitative estimate of drug-likeness (QED) is 0.0243. The Bertz CT molecular complexity index is 3220. The van der Waals surface area contributed by atoms with Crippen LogP contribution in [0.15, 0.2) is 116 Å². The summed E-state index contributed by atoms with van der Waals surface area (Å²) in [5.41, 5.74) is 7.24. The Hall–Kier alpha value is -8.93. The summed E-state index contributed by atoms with van der Waals surface area (Å²) in [7, 11) is 0. The van der Waals surface area contributed by atoms with E-state index in [9.17, 15) is 38.0 Å². The molecule has 3 aromatic carbocycles. The molecule has 2 saturated heterocycles. The molecule has 5 atom stereocenters. The molecule has 0 unspecified atom stereocenters. The third-order valence-corrected chi connectivity index (χ3v) is 15.7. The van der Waals surface area contributed by atoms with E-state index in [1.54, 1.807) is 67.4 Å². The summed E-state index contributed by atoms with van der Waals surface area (Å²) >= 11 is 0. The largest absolute Gasteiger partial charge is 0.445 e. The van der Waals surface area contributed by atoms with E-state index in [2.05, 4.69) is 26.3 Å². The fraction of sp³-hybridized carbons (Fsp3) is 0.429. The van der Waals surface area contributed by atoms with Gasteiger partial charge in [-0.2, -0.15) is 0 Å². The van der Waals surface area contributed by atoms with Crippen molar-refractivity contribution in [2.45, 2.75) is 109 Å². The molecule has 5 heterocycles. The van der Waals surface area contributed by atoms with Gasteiger partial charge in [-0.1, -0.05) is 68.8 Å². The number of hydrogen-bond donors (Lipinski definition) is 5. The van der Waals surface area contributed by atoms with E-state index < -0.39 is 84.1 Å². The molecule has 0 aliphatic carbocycles. The van der Waals surface area contributed by atoms with Crippen LogP contribution in [-0.4, -0.2) is 141 Å². The topological polar surface area (TPSA) is 270 Å². The van der Waals surface area contributed by atoms with Gasteiger partial charge in [-0.15, -0.1) is 0 Å². The molecule has 6 N–H and O–H groups in total. The number of benzene rings is 3. The summed E-state index contributed by atoms with van der Waals surface area (Å²) in [4.78, 5) is 118. The highest BCUT2D eigenvalue weighted by Crippen LogP contribution is 2.40. The maximum atomic E-state index is 15.5. The SMILES string of the molecule is CC(C)[C@H](NC(=O)CCCCCN1C(=O)C=CC1=O)C(=O)N[C@@H](CCCNC(N)=O)C(=O)Nc1ccc(COC(=O)N2C[C@@H](CN(C(=O)c3ccccn3)[C@@H](c3nc(-c4cc(F)ccc4F)cn3Cc3ccccc3)C3CCOCC3)C[C@H]2CF)cc1. The molecule has 24 heteroatoms. The second-order valence-corrected chi connectivity index (χ2v) is 22.3. The maximum Gasteiger partial charge on any atom is 0.410 e. The summed E-state index contributed by atoms with van der Waals surface area (Å²) in [6, 6.07) is 19.5. The van der Waals surface area contributed by atoms with Crippen LogP contribution in [0.4, 0.5) is 28.4 Å². The molecule has 0 spiro atoms. The average Bonchev–Trinajstić information content (AvgIpc) is 1.86. The molecule has 0 radical (unpaired) electrons. The lowest BCUT2D eigenvalue weighted by molar-refractivity contribution is -0.137. The van der Waals surface area contributed by atoms with Crippen molar-refractivity contribution in [1.82, 2.24) is 45.2 Å². The highest BCUT2D eigenvalue weighted by molar-refractivity contribution is 6.12.